The van der Waals surface area contributed by atoms with Gasteiger partial charge in [-0.2, -0.15) is 0 Å². The van der Waals surface area contributed by atoms with Crippen molar-refractivity contribution >= 4 is 5.97 Å². The zero-order valence-corrected chi connectivity index (χ0v) is 11.9. The number of carbonyl (C=O) groups is 1. The van der Waals surface area contributed by atoms with Crippen LogP contribution in [-0.4, -0.2) is 22.3 Å². The topological polar surface area (TPSA) is 57.5 Å². The summed E-state index contributed by atoms with van der Waals surface area (Å²) < 4.78 is 0. The minimum atomic E-state index is -0.670. The van der Waals surface area contributed by atoms with Crippen molar-refractivity contribution in [3.63, 3.8) is 0 Å². The number of hydrogen-bond donors (Lipinski definition) is 2. The van der Waals surface area contributed by atoms with E-state index in [1.165, 1.54) is 19.3 Å². The van der Waals surface area contributed by atoms with Gasteiger partial charge in [-0.05, 0) is 27.2 Å². The maximum atomic E-state index is 10.0. The lowest BCUT2D eigenvalue weighted by Gasteiger charge is -1.95. The summed E-state index contributed by atoms with van der Waals surface area (Å²) in [7, 11) is 0. The van der Waals surface area contributed by atoms with E-state index in [4.69, 9.17) is 10.2 Å². The summed E-state index contributed by atoms with van der Waals surface area (Å²) in [6, 6.07) is 0. The first-order valence-corrected chi connectivity index (χ1v) is 6.39. The third-order valence-corrected chi connectivity index (χ3v) is 1.49. The van der Waals surface area contributed by atoms with E-state index in [2.05, 4.69) is 13.5 Å². The molecule has 0 rings (SSSR count). The molecule has 0 aliphatic rings. The predicted molar refractivity (Wildman–Crippen MR) is 74.2 cm³/mol. The van der Waals surface area contributed by atoms with Gasteiger partial charge in [0.2, 0.25) is 0 Å². The number of aliphatic hydroxyl groups excluding tert-OH is 1. The Kier molecular flexibility index (Phi) is 26.0. The van der Waals surface area contributed by atoms with Gasteiger partial charge in [0.25, 0.3) is 0 Å². The third-order valence-electron chi connectivity index (χ3n) is 1.49. The van der Waals surface area contributed by atoms with E-state index < -0.39 is 5.97 Å². The Morgan fingerprint density at radius 2 is 1.59 bits per heavy atom. The molecule has 0 heterocycles. The standard InChI is InChI=1S/C8H16O2.C3H8O.C3H6/c1-2-3-4-5-6-7-8(9)10;1-3(2)4;1-3-2/h2-7H2,1H3,(H,9,10);3-4H,1-2H3;3H,1H2,2H3. The van der Waals surface area contributed by atoms with Crippen LogP contribution in [0.4, 0.5) is 0 Å². The van der Waals surface area contributed by atoms with Gasteiger partial charge in [-0.3, -0.25) is 4.79 Å². The number of aliphatic carboxylic acids is 1. The fraction of sp³-hybridized carbons (Fsp3) is 0.786. The van der Waals surface area contributed by atoms with E-state index in [-0.39, 0.29) is 6.10 Å². The summed E-state index contributed by atoms with van der Waals surface area (Å²) in [5.41, 5.74) is 0. The third kappa shape index (κ3) is 69.1. The van der Waals surface area contributed by atoms with Crippen LogP contribution in [0.2, 0.25) is 0 Å². The van der Waals surface area contributed by atoms with Crippen molar-refractivity contribution in [2.75, 3.05) is 0 Å². The van der Waals surface area contributed by atoms with Crippen LogP contribution in [0.1, 0.15) is 66.2 Å². The molecule has 0 aliphatic heterocycles. The summed E-state index contributed by atoms with van der Waals surface area (Å²) in [5, 5.41) is 16.3. The van der Waals surface area contributed by atoms with Crippen LogP contribution in [0, 0.1) is 0 Å². The number of allylic oxidation sites excluding steroid dienone is 1. The molecule has 0 saturated heterocycles. The van der Waals surface area contributed by atoms with Crippen LogP contribution in [0.15, 0.2) is 12.7 Å². The van der Waals surface area contributed by atoms with Gasteiger partial charge in [0.1, 0.15) is 0 Å². The van der Waals surface area contributed by atoms with Crippen molar-refractivity contribution in [1.29, 1.82) is 0 Å². The van der Waals surface area contributed by atoms with Crippen LogP contribution in [0.25, 0.3) is 0 Å². The van der Waals surface area contributed by atoms with Crippen LogP contribution >= 0.6 is 0 Å². The lowest BCUT2D eigenvalue weighted by Crippen LogP contribution is -1.93. The first-order chi connectivity index (χ1) is 7.92. The van der Waals surface area contributed by atoms with E-state index in [0.717, 1.165) is 12.8 Å². The average molecular weight is 246 g/mol. The zero-order chi connectivity index (χ0) is 14.1. The van der Waals surface area contributed by atoms with E-state index >= 15 is 0 Å². The van der Waals surface area contributed by atoms with Crippen molar-refractivity contribution in [1.82, 2.24) is 0 Å². The average Bonchev–Trinajstić information content (AvgIpc) is 2.17. The fourth-order valence-electron chi connectivity index (χ4n) is 0.880. The van der Waals surface area contributed by atoms with Crippen molar-refractivity contribution in [3.05, 3.63) is 12.7 Å². The van der Waals surface area contributed by atoms with Crippen molar-refractivity contribution in [3.8, 4) is 0 Å². The lowest BCUT2D eigenvalue weighted by atomic mass is 10.1. The summed E-state index contributed by atoms with van der Waals surface area (Å²) in [5.74, 6) is -0.670. The number of hydrogen-bond acceptors (Lipinski definition) is 2. The second-order valence-corrected chi connectivity index (χ2v) is 4.06. The molecule has 0 spiro atoms. The molecule has 0 amide bonds. The highest BCUT2D eigenvalue weighted by Gasteiger charge is 1.94. The van der Waals surface area contributed by atoms with Gasteiger partial charge in [-0.15, -0.1) is 6.58 Å². The highest BCUT2D eigenvalue weighted by molar-refractivity contribution is 5.66. The Morgan fingerprint density at radius 1 is 1.24 bits per heavy atom. The van der Waals surface area contributed by atoms with E-state index in [9.17, 15) is 4.79 Å². The highest BCUT2D eigenvalue weighted by Crippen LogP contribution is 2.04. The molecule has 17 heavy (non-hydrogen) atoms. The molecule has 0 unspecified atom stereocenters. The first kappa shape index (κ1) is 21.5. The van der Waals surface area contributed by atoms with Crippen molar-refractivity contribution in [2.45, 2.75) is 72.3 Å². The van der Waals surface area contributed by atoms with Gasteiger partial charge in [0.15, 0.2) is 0 Å². The smallest absolute Gasteiger partial charge is 0.303 e. The van der Waals surface area contributed by atoms with Gasteiger partial charge in [-0.1, -0.05) is 38.7 Å². The summed E-state index contributed by atoms with van der Waals surface area (Å²) >= 11 is 0. The number of unbranched alkanes of at least 4 members (excludes halogenated alkanes) is 4. The molecular weight excluding hydrogens is 216 g/mol. The number of aliphatic hydroxyl groups is 1. The summed E-state index contributed by atoms with van der Waals surface area (Å²) in [4.78, 5) is 10.0. The molecular formula is C14H30O3. The van der Waals surface area contributed by atoms with Crippen LogP contribution in [0.3, 0.4) is 0 Å². The second-order valence-electron chi connectivity index (χ2n) is 4.06. The van der Waals surface area contributed by atoms with E-state index in [0.29, 0.717) is 6.42 Å². The Bertz CT molecular complexity index is 151. The Balaban J connectivity index is -0.000000232. The monoisotopic (exact) mass is 246 g/mol. The molecule has 0 aromatic rings. The Hall–Kier alpha value is -0.830. The van der Waals surface area contributed by atoms with E-state index in [1.807, 2.05) is 6.92 Å². The van der Waals surface area contributed by atoms with Crippen LogP contribution < -0.4 is 0 Å². The predicted octanol–water partition coefficient (Wildman–Crippen LogP) is 4.01. The molecule has 0 aromatic heterocycles. The molecule has 0 saturated carbocycles. The number of carboxylic acids is 1. The molecule has 0 fully saturated rings. The second kappa shape index (κ2) is 20.6. The Morgan fingerprint density at radius 3 is 1.88 bits per heavy atom. The molecule has 3 nitrogen and oxygen atoms in total. The number of rotatable bonds is 6. The first-order valence-electron chi connectivity index (χ1n) is 6.39. The van der Waals surface area contributed by atoms with Gasteiger partial charge in [0, 0.05) is 12.5 Å². The lowest BCUT2D eigenvalue weighted by molar-refractivity contribution is -0.137. The maximum Gasteiger partial charge on any atom is 0.303 e. The summed E-state index contributed by atoms with van der Waals surface area (Å²) in [6.45, 7) is 10.8. The molecule has 0 atom stereocenters. The molecule has 0 aliphatic carbocycles. The minimum absolute atomic E-state index is 0.167. The minimum Gasteiger partial charge on any atom is -0.481 e. The SMILES string of the molecule is C=CC.CC(C)O.CCCCCCCC(=O)O. The molecule has 2 N–H and O–H groups in total. The van der Waals surface area contributed by atoms with Crippen LogP contribution in [0.5, 0.6) is 0 Å². The molecule has 0 radical (unpaired) electrons. The largest absolute Gasteiger partial charge is 0.481 e. The zero-order valence-electron chi connectivity index (χ0n) is 11.9. The van der Waals surface area contributed by atoms with Crippen LogP contribution in [-0.2, 0) is 4.79 Å². The van der Waals surface area contributed by atoms with Crippen molar-refractivity contribution in [2.24, 2.45) is 0 Å². The fourth-order valence-corrected chi connectivity index (χ4v) is 0.880. The van der Waals surface area contributed by atoms with Crippen molar-refractivity contribution < 1.29 is 15.0 Å². The Labute approximate surface area is 107 Å². The quantitative estimate of drug-likeness (QED) is 0.550. The molecule has 104 valence electrons. The van der Waals surface area contributed by atoms with E-state index in [1.54, 1.807) is 19.9 Å². The van der Waals surface area contributed by atoms with Gasteiger partial charge in [-0.25, -0.2) is 0 Å². The van der Waals surface area contributed by atoms with Gasteiger partial charge < -0.3 is 10.2 Å². The maximum absolute atomic E-state index is 10.0. The highest BCUT2D eigenvalue weighted by atomic mass is 16.4. The van der Waals surface area contributed by atoms with Gasteiger partial charge >= 0.3 is 5.97 Å². The van der Waals surface area contributed by atoms with Gasteiger partial charge in [0.05, 0.1) is 0 Å². The number of carboxylic acid groups (broad SMARTS) is 1. The summed E-state index contributed by atoms with van der Waals surface area (Å²) in [6.07, 6.45) is 7.47. The molecule has 3 heteroatoms. The normalized spacial score (nSPS) is 8.59. The molecule has 0 aromatic carbocycles. The molecule has 0 bridgehead atoms.